The molecule has 0 spiro atoms. The second kappa shape index (κ2) is 6.36. The summed E-state index contributed by atoms with van der Waals surface area (Å²) in [5.74, 6) is 0.0962. The van der Waals surface area contributed by atoms with Gasteiger partial charge in [-0.2, -0.15) is 0 Å². The van der Waals surface area contributed by atoms with Crippen molar-refractivity contribution < 1.29 is 19.4 Å². The van der Waals surface area contributed by atoms with Crippen LogP contribution in [0.15, 0.2) is 12.2 Å². The summed E-state index contributed by atoms with van der Waals surface area (Å²) >= 11 is 0. The Morgan fingerprint density at radius 2 is 2.05 bits per heavy atom. The van der Waals surface area contributed by atoms with Crippen LogP contribution in [0.4, 0.5) is 4.79 Å². The Kier molecular flexibility index (Phi) is 5.45. The van der Waals surface area contributed by atoms with Gasteiger partial charge in [-0.3, -0.25) is 4.90 Å². The van der Waals surface area contributed by atoms with Crippen LogP contribution >= 0.6 is 0 Å². The Morgan fingerprint density at radius 3 is 2.52 bits per heavy atom. The number of aliphatic hydroxyl groups excluding tert-OH is 1. The van der Waals surface area contributed by atoms with Crippen molar-refractivity contribution >= 4 is 6.09 Å². The zero-order valence-electron chi connectivity index (χ0n) is 14.2. The first kappa shape index (κ1) is 18.0. The molecular formula is C16H29NO4. The Hall–Kier alpha value is -1.07. The van der Waals surface area contributed by atoms with Gasteiger partial charge in [0.05, 0.1) is 18.8 Å². The Balaban J connectivity index is 2.91. The number of rotatable bonds is 3. The molecule has 0 aromatic rings. The van der Waals surface area contributed by atoms with Crippen molar-refractivity contribution in [1.82, 2.24) is 4.90 Å². The Labute approximate surface area is 127 Å². The number of ether oxygens (including phenoxy) is 2. The van der Waals surface area contributed by atoms with Crippen LogP contribution in [-0.2, 0) is 9.47 Å². The summed E-state index contributed by atoms with van der Waals surface area (Å²) in [6.07, 6.45) is 3.12. The van der Waals surface area contributed by atoms with Crippen molar-refractivity contribution in [1.29, 1.82) is 0 Å². The van der Waals surface area contributed by atoms with E-state index >= 15 is 0 Å². The molecule has 3 atom stereocenters. The second-order valence-electron chi connectivity index (χ2n) is 7.09. The molecule has 1 N–H and O–H groups in total. The summed E-state index contributed by atoms with van der Waals surface area (Å²) in [5.41, 5.74) is -1.25. The van der Waals surface area contributed by atoms with Crippen LogP contribution in [0, 0.1) is 5.92 Å². The maximum Gasteiger partial charge on any atom is 0.412 e. The van der Waals surface area contributed by atoms with Crippen LogP contribution in [-0.4, -0.2) is 46.2 Å². The quantitative estimate of drug-likeness (QED) is 0.814. The molecular weight excluding hydrogens is 270 g/mol. The minimum Gasteiger partial charge on any atom is -0.444 e. The third-order valence-corrected chi connectivity index (χ3v) is 3.54. The van der Waals surface area contributed by atoms with Crippen LogP contribution in [0.2, 0.25) is 0 Å². The molecule has 5 heteroatoms. The third kappa shape index (κ3) is 4.45. The van der Waals surface area contributed by atoms with Gasteiger partial charge in [0.15, 0.2) is 0 Å². The van der Waals surface area contributed by atoms with Gasteiger partial charge in [-0.25, -0.2) is 4.79 Å². The largest absolute Gasteiger partial charge is 0.444 e. The van der Waals surface area contributed by atoms with E-state index in [0.717, 1.165) is 0 Å². The molecule has 0 bridgehead atoms. The molecule has 1 aliphatic rings. The smallest absolute Gasteiger partial charge is 0.412 e. The van der Waals surface area contributed by atoms with E-state index in [4.69, 9.17) is 14.6 Å². The molecule has 0 aromatic carbocycles. The summed E-state index contributed by atoms with van der Waals surface area (Å²) in [7, 11) is 0. The predicted molar refractivity (Wildman–Crippen MR) is 81.9 cm³/mol. The van der Waals surface area contributed by atoms with Gasteiger partial charge in [0.1, 0.15) is 11.3 Å². The van der Waals surface area contributed by atoms with Gasteiger partial charge in [0.2, 0.25) is 0 Å². The number of hydrogen-bond acceptors (Lipinski definition) is 4. The van der Waals surface area contributed by atoms with Crippen molar-refractivity contribution in [2.75, 3.05) is 6.61 Å². The molecule has 1 amide bonds. The van der Waals surface area contributed by atoms with Gasteiger partial charge < -0.3 is 14.6 Å². The van der Waals surface area contributed by atoms with Crippen LogP contribution in [0.3, 0.4) is 0 Å². The fraction of sp³-hybridized carbons (Fsp3) is 0.812. The Morgan fingerprint density at radius 1 is 1.48 bits per heavy atom. The van der Waals surface area contributed by atoms with E-state index in [9.17, 15) is 4.79 Å². The fourth-order valence-electron chi connectivity index (χ4n) is 2.75. The highest BCUT2D eigenvalue weighted by Crippen LogP contribution is 2.36. The summed E-state index contributed by atoms with van der Waals surface area (Å²) in [4.78, 5) is 14.1. The molecule has 1 heterocycles. The number of carbonyl (C=O) groups excluding carboxylic acids is 1. The lowest BCUT2D eigenvalue weighted by atomic mass is 9.98. The van der Waals surface area contributed by atoms with Crippen LogP contribution in [0.25, 0.3) is 0 Å². The van der Waals surface area contributed by atoms with E-state index in [1.807, 2.05) is 54.5 Å². The van der Waals surface area contributed by atoms with Crippen molar-refractivity contribution in [3.05, 3.63) is 12.2 Å². The van der Waals surface area contributed by atoms with E-state index in [1.165, 1.54) is 0 Å². The van der Waals surface area contributed by atoms with Crippen LogP contribution < -0.4 is 0 Å². The fourth-order valence-corrected chi connectivity index (χ4v) is 2.75. The number of amides is 1. The van der Waals surface area contributed by atoms with Gasteiger partial charge in [-0.15, -0.1) is 0 Å². The second-order valence-corrected chi connectivity index (χ2v) is 7.09. The highest BCUT2D eigenvalue weighted by Gasteiger charge is 2.50. The number of hydrogen-bond donors (Lipinski definition) is 1. The van der Waals surface area contributed by atoms with E-state index in [-0.39, 0.29) is 30.8 Å². The maximum atomic E-state index is 12.4. The molecule has 1 fully saturated rings. The van der Waals surface area contributed by atoms with Crippen LogP contribution in [0.1, 0.15) is 48.5 Å². The van der Waals surface area contributed by atoms with E-state index in [0.29, 0.717) is 0 Å². The number of nitrogens with zero attached hydrogens (tertiary/aromatic N) is 1. The minimum atomic E-state index is -0.715. The normalized spacial score (nSPS) is 27.1. The lowest BCUT2D eigenvalue weighted by Crippen LogP contribution is -2.49. The van der Waals surface area contributed by atoms with E-state index < -0.39 is 11.3 Å². The molecule has 1 aliphatic heterocycles. The van der Waals surface area contributed by atoms with Gasteiger partial charge >= 0.3 is 6.09 Å². The molecule has 5 nitrogen and oxygen atoms in total. The number of carbonyl (C=O) groups is 1. The van der Waals surface area contributed by atoms with Gasteiger partial charge in [-0.1, -0.05) is 19.1 Å². The van der Waals surface area contributed by atoms with Gasteiger partial charge in [0, 0.05) is 5.92 Å². The predicted octanol–water partition coefficient (Wildman–Crippen LogP) is 2.93. The first-order chi connectivity index (χ1) is 9.49. The molecule has 0 saturated carbocycles. The molecule has 21 heavy (non-hydrogen) atoms. The van der Waals surface area contributed by atoms with E-state index in [2.05, 4.69) is 0 Å². The highest BCUT2D eigenvalue weighted by molar-refractivity contribution is 5.69. The van der Waals surface area contributed by atoms with Crippen molar-refractivity contribution in [2.24, 2.45) is 5.92 Å². The monoisotopic (exact) mass is 299 g/mol. The van der Waals surface area contributed by atoms with Crippen molar-refractivity contribution in [2.45, 2.75) is 71.9 Å². The molecule has 1 rings (SSSR count). The minimum absolute atomic E-state index is 0.00458. The zero-order valence-corrected chi connectivity index (χ0v) is 14.2. The zero-order chi connectivity index (χ0) is 16.4. The summed E-state index contributed by atoms with van der Waals surface area (Å²) < 4.78 is 11.5. The molecule has 1 saturated heterocycles. The topological polar surface area (TPSA) is 59.0 Å². The summed E-state index contributed by atoms with van der Waals surface area (Å²) in [6, 6.07) is -0.104. The lowest BCUT2D eigenvalue weighted by Gasteiger charge is -2.34. The average molecular weight is 299 g/mol. The first-order valence-corrected chi connectivity index (χ1v) is 7.47. The molecule has 0 radical (unpaired) electrons. The van der Waals surface area contributed by atoms with Gasteiger partial charge in [0.25, 0.3) is 0 Å². The highest BCUT2D eigenvalue weighted by atomic mass is 16.6. The molecule has 0 unspecified atom stereocenters. The summed E-state index contributed by atoms with van der Waals surface area (Å²) in [5, 5.41) is 8.88. The number of aliphatic hydroxyl groups is 1. The lowest BCUT2D eigenvalue weighted by molar-refractivity contribution is -0.0843. The van der Waals surface area contributed by atoms with Crippen molar-refractivity contribution in [3.63, 3.8) is 0 Å². The third-order valence-electron chi connectivity index (χ3n) is 3.54. The van der Waals surface area contributed by atoms with Gasteiger partial charge in [-0.05, 0) is 41.5 Å². The standard InChI is InChI=1S/C16H29NO4/c1-11(9-8-10-18)13-12(2)17(16(6,7)20-13)14(19)21-15(3,4)5/h8-9,11-13,18H,10H2,1-7H3/b9-8+/t11-,12+,13-/m0/s1. The average Bonchev–Trinajstić information content (AvgIpc) is 2.54. The molecule has 122 valence electrons. The molecule has 0 aliphatic carbocycles. The first-order valence-electron chi connectivity index (χ1n) is 7.47. The van der Waals surface area contributed by atoms with Crippen LogP contribution in [0.5, 0.6) is 0 Å². The van der Waals surface area contributed by atoms with Crippen molar-refractivity contribution in [3.8, 4) is 0 Å². The van der Waals surface area contributed by atoms with E-state index in [1.54, 1.807) is 11.0 Å². The maximum absolute atomic E-state index is 12.4. The summed E-state index contributed by atoms with van der Waals surface area (Å²) in [6.45, 7) is 13.3. The SMILES string of the molecule is C[C@@H]1[C@H]([C@@H](C)/C=C/CO)OC(C)(C)N1C(=O)OC(C)(C)C. The molecule has 0 aromatic heterocycles. The Bertz CT molecular complexity index is 398.